The number of methoxy groups -OCH3 is 1. The highest BCUT2D eigenvalue weighted by atomic mass is 35.5. The number of ether oxygens (including phenoxy) is 1. The highest BCUT2D eigenvalue weighted by molar-refractivity contribution is 5.85. The topological polar surface area (TPSA) is 64.3 Å². The first-order valence-corrected chi connectivity index (χ1v) is 5.66. The molecule has 0 saturated carbocycles. The summed E-state index contributed by atoms with van der Waals surface area (Å²) >= 11 is 0. The fourth-order valence-electron chi connectivity index (χ4n) is 1.61. The van der Waals surface area contributed by atoms with Crippen LogP contribution in [0.4, 0.5) is 0 Å². The largest absolute Gasteiger partial charge is 0.496 e. The number of nitrogens with one attached hydrogen (secondary N) is 1. The second-order valence-corrected chi connectivity index (χ2v) is 4.26. The van der Waals surface area contributed by atoms with E-state index in [-0.39, 0.29) is 24.4 Å². The maximum absolute atomic E-state index is 11.5. The van der Waals surface area contributed by atoms with Gasteiger partial charge in [-0.1, -0.05) is 17.7 Å². The zero-order valence-electron chi connectivity index (χ0n) is 11.2. The molecule has 0 aliphatic rings. The predicted molar refractivity (Wildman–Crippen MR) is 75.2 cm³/mol. The van der Waals surface area contributed by atoms with Crippen molar-refractivity contribution in [3.05, 3.63) is 29.3 Å². The fraction of sp³-hybridized carbons (Fsp3) is 0.462. The number of benzene rings is 1. The van der Waals surface area contributed by atoms with E-state index < -0.39 is 6.04 Å². The minimum Gasteiger partial charge on any atom is -0.496 e. The van der Waals surface area contributed by atoms with Crippen molar-refractivity contribution in [3.8, 4) is 5.75 Å². The van der Waals surface area contributed by atoms with E-state index in [1.165, 1.54) is 0 Å². The summed E-state index contributed by atoms with van der Waals surface area (Å²) < 4.78 is 5.28. The summed E-state index contributed by atoms with van der Waals surface area (Å²) in [6.07, 6.45) is 0. The Hall–Kier alpha value is -1.26. The van der Waals surface area contributed by atoms with Crippen LogP contribution < -0.4 is 15.8 Å². The molecule has 3 N–H and O–H groups in total. The molecule has 1 amide bonds. The van der Waals surface area contributed by atoms with Gasteiger partial charge in [-0.3, -0.25) is 4.79 Å². The van der Waals surface area contributed by atoms with Crippen LogP contribution in [0, 0.1) is 6.92 Å². The van der Waals surface area contributed by atoms with Gasteiger partial charge in [0.25, 0.3) is 0 Å². The van der Waals surface area contributed by atoms with E-state index in [0.717, 1.165) is 16.9 Å². The van der Waals surface area contributed by atoms with Crippen LogP contribution in [-0.4, -0.2) is 19.1 Å². The molecule has 0 spiro atoms. The number of hydrogen-bond acceptors (Lipinski definition) is 3. The summed E-state index contributed by atoms with van der Waals surface area (Å²) in [6, 6.07) is 5.25. The van der Waals surface area contributed by atoms with Crippen LogP contribution in [0.15, 0.2) is 18.2 Å². The zero-order chi connectivity index (χ0) is 13.0. The number of hydrogen-bond donors (Lipinski definition) is 2. The van der Waals surface area contributed by atoms with E-state index in [4.69, 9.17) is 10.5 Å². The van der Waals surface area contributed by atoms with Crippen LogP contribution >= 0.6 is 12.4 Å². The molecular formula is C13H21ClN2O2. The van der Waals surface area contributed by atoms with Crippen LogP contribution in [0.3, 0.4) is 0 Å². The Labute approximate surface area is 114 Å². The van der Waals surface area contributed by atoms with E-state index in [1.54, 1.807) is 14.0 Å². The molecule has 1 aromatic rings. The van der Waals surface area contributed by atoms with Gasteiger partial charge in [0.2, 0.25) is 5.91 Å². The van der Waals surface area contributed by atoms with Crippen molar-refractivity contribution >= 4 is 18.3 Å². The first-order valence-electron chi connectivity index (χ1n) is 5.66. The van der Waals surface area contributed by atoms with Crippen LogP contribution in [0.2, 0.25) is 0 Å². The van der Waals surface area contributed by atoms with E-state index in [1.807, 2.05) is 32.0 Å². The average molecular weight is 273 g/mol. The smallest absolute Gasteiger partial charge is 0.237 e. The Morgan fingerprint density at radius 2 is 2.00 bits per heavy atom. The standard InChI is InChI=1S/C13H20N2O2.ClH/c1-8-5-6-12(17-4)11(7-8)10(3)15-13(16)9(2)14;/h5-7,9-10H,14H2,1-4H3,(H,15,16);1H/t9-,10?;/m1./s1. The summed E-state index contributed by atoms with van der Waals surface area (Å²) in [6.45, 7) is 5.58. The second kappa shape index (κ2) is 7.24. The van der Waals surface area contributed by atoms with E-state index in [9.17, 15) is 4.79 Å². The minimum absolute atomic E-state index is 0. The molecule has 0 aliphatic heterocycles. The molecule has 4 nitrogen and oxygen atoms in total. The normalized spacial score (nSPS) is 13.2. The van der Waals surface area contributed by atoms with Crippen molar-refractivity contribution in [2.45, 2.75) is 32.9 Å². The third-order valence-corrected chi connectivity index (χ3v) is 2.62. The lowest BCUT2D eigenvalue weighted by Crippen LogP contribution is -2.39. The van der Waals surface area contributed by atoms with Gasteiger partial charge in [-0.05, 0) is 26.8 Å². The summed E-state index contributed by atoms with van der Waals surface area (Å²) in [5.41, 5.74) is 7.61. The third kappa shape index (κ3) is 4.20. The lowest BCUT2D eigenvalue weighted by atomic mass is 10.0. The van der Waals surface area contributed by atoms with Gasteiger partial charge >= 0.3 is 0 Å². The minimum atomic E-state index is -0.506. The van der Waals surface area contributed by atoms with Crippen LogP contribution in [0.1, 0.15) is 31.0 Å². The molecule has 102 valence electrons. The fourth-order valence-corrected chi connectivity index (χ4v) is 1.61. The molecule has 2 atom stereocenters. The first kappa shape index (κ1) is 16.7. The van der Waals surface area contributed by atoms with Gasteiger partial charge in [0.05, 0.1) is 19.2 Å². The molecule has 0 bridgehead atoms. The first-order chi connectivity index (χ1) is 7.95. The highest BCUT2D eigenvalue weighted by Crippen LogP contribution is 2.25. The number of aryl methyl sites for hydroxylation is 1. The SMILES string of the molecule is COc1ccc(C)cc1C(C)NC(=O)[C@@H](C)N.Cl. The lowest BCUT2D eigenvalue weighted by molar-refractivity contribution is -0.122. The van der Waals surface area contributed by atoms with E-state index in [0.29, 0.717) is 0 Å². The third-order valence-electron chi connectivity index (χ3n) is 2.62. The number of carbonyl (C=O) groups excluding carboxylic acids is 1. The van der Waals surface area contributed by atoms with Crippen LogP contribution in [0.5, 0.6) is 5.75 Å². The van der Waals surface area contributed by atoms with Crippen molar-refractivity contribution in [2.24, 2.45) is 5.73 Å². The molecular weight excluding hydrogens is 252 g/mol. The summed E-state index contributed by atoms with van der Waals surface area (Å²) in [4.78, 5) is 11.5. The Morgan fingerprint density at radius 3 is 2.50 bits per heavy atom. The quantitative estimate of drug-likeness (QED) is 0.881. The maximum Gasteiger partial charge on any atom is 0.237 e. The summed E-state index contributed by atoms with van der Waals surface area (Å²) in [5, 5.41) is 2.85. The number of carbonyl (C=O) groups is 1. The number of amides is 1. The molecule has 1 aromatic carbocycles. The lowest BCUT2D eigenvalue weighted by Gasteiger charge is -2.19. The van der Waals surface area contributed by atoms with E-state index >= 15 is 0 Å². The van der Waals surface area contributed by atoms with Crippen LogP contribution in [0.25, 0.3) is 0 Å². The van der Waals surface area contributed by atoms with Gasteiger partial charge in [-0.15, -0.1) is 12.4 Å². The molecule has 0 saturated heterocycles. The Balaban J connectivity index is 0.00000289. The molecule has 18 heavy (non-hydrogen) atoms. The number of rotatable bonds is 4. The maximum atomic E-state index is 11.5. The van der Waals surface area contributed by atoms with Gasteiger partial charge in [0.1, 0.15) is 5.75 Å². The number of halogens is 1. The summed E-state index contributed by atoms with van der Waals surface area (Å²) in [5.74, 6) is 0.606. The number of nitrogens with two attached hydrogens (primary N) is 1. The van der Waals surface area contributed by atoms with Crippen molar-refractivity contribution in [1.29, 1.82) is 0 Å². The molecule has 0 aromatic heterocycles. The molecule has 0 fully saturated rings. The Kier molecular flexibility index (Phi) is 6.73. The molecule has 0 heterocycles. The Morgan fingerprint density at radius 1 is 1.39 bits per heavy atom. The van der Waals surface area contributed by atoms with Gasteiger partial charge < -0.3 is 15.8 Å². The average Bonchev–Trinajstić information content (AvgIpc) is 2.28. The van der Waals surface area contributed by atoms with Crippen molar-refractivity contribution < 1.29 is 9.53 Å². The Bertz CT molecular complexity index is 408. The van der Waals surface area contributed by atoms with Gasteiger partial charge in [-0.2, -0.15) is 0 Å². The van der Waals surface area contributed by atoms with Gasteiger partial charge in [0, 0.05) is 5.56 Å². The molecule has 0 aliphatic carbocycles. The van der Waals surface area contributed by atoms with Crippen molar-refractivity contribution in [1.82, 2.24) is 5.32 Å². The predicted octanol–water partition coefficient (Wildman–Crippen LogP) is 1.95. The molecule has 1 rings (SSSR count). The molecule has 5 heteroatoms. The van der Waals surface area contributed by atoms with Crippen LogP contribution in [-0.2, 0) is 4.79 Å². The highest BCUT2D eigenvalue weighted by Gasteiger charge is 2.16. The van der Waals surface area contributed by atoms with E-state index in [2.05, 4.69) is 5.32 Å². The summed E-state index contributed by atoms with van der Waals surface area (Å²) in [7, 11) is 1.62. The monoisotopic (exact) mass is 272 g/mol. The van der Waals surface area contributed by atoms with Crippen molar-refractivity contribution in [3.63, 3.8) is 0 Å². The second-order valence-electron chi connectivity index (χ2n) is 4.26. The molecule has 0 radical (unpaired) electrons. The van der Waals surface area contributed by atoms with Crippen molar-refractivity contribution in [2.75, 3.05) is 7.11 Å². The molecule has 1 unspecified atom stereocenters. The van der Waals surface area contributed by atoms with Gasteiger partial charge in [-0.25, -0.2) is 0 Å². The zero-order valence-corrected chi connectivity index (χ0v) is 12.0. The van der Waals surface area contributed by atoms with Gasteiger partial charge in [0.15, 0.2) is 0 Å².